The maximum Gasteiger partial charge on any atom is 0.193 e. The van der Waals surface area contributed by atoms with E-state index in [1.54, 1.807) is 20.9 Å². The molecule has 8 heteroatoms. The minimum atomic E-state index is -3.06. The fourth-order valence-corrected chi connectivity index (χ4v) is 4.43. The first-order chi connectivity index (χ1) is 12.2. The highest BCUT2D eigenvalue weighted by Crippen LogP contribution is 2.23. The van der Waals surface area contributed by atoms with Gasteiger partial charge in [0.15, 0.2) is 15.8 Å². The Morgan fingerprint density at radius 2 is 1.89 bits per heavy atom. The monoisotopic (exact) mass is 508 g/mol. The molecule has 2 rings (SSSR count). The third-order valence-electron chi connectivity index (χ3n) is 4.97. The number of halogens is 1. The summed E-state index contributed by atoms with van der Waals surface area (Å²) < 4.78 is 23.7. The molecule has 1 aliphatic heterocycles. The number of rotatable bonds is 5. The van der Waals surface area contributed by atoms with Crippen LogP contribution in [0, 0.1) is 5.92 Å². The second kappa shape index (κ2) is 9.95. The van der Waals surface area contributed by atoms with Gasteiger partial charge in [-0.3, -0.25) is 4.99 Å². The molecule has 0 saturated carbocycles. The lowest BCUT2D eigenvalue weighted by atomic mass is 10.0. The first-order valence-electron chi connectivity index (χ1n) is 9.16. The summed E-state index contributed by atoms with van der Waals surface area (Å²) in [6.45, 7) is 9.58. The Morgan fingerprint density at radius 1 is 1.26 bits per heavy atom. The summed E-state index contributed by atoms with van der Waals surface area (Å²) >= 11 is 0. The van der Waals surface area contributed by atoms with Gasteiger partial charge in [-0.25, -0.2) is 8.42 Å². The van der Waals surface area contributed by atoms with Crippen molar-refractivity contribution in [2.24, 2.45) is 10.9 Å². The number of hydrogen-bond donors (Lipinski definition) is 2. The van der Waals surface area contributed by atoms with Crippen LogP contribution < -0.4 is 10.6 Å². The summed E-state index contributed by atoms with van der Waals surface area (Å²) in [6.07, 6.45) is 0. The van der Waals surface area contributed by atoms with Gasteiger partial charge in [-0.1, -0.05) is 32.0 Å². The SMILES string of the molecule is CN=C(NCC(Nc1ccccc1)C(C)C)N1CCS(=O)(=O)C(C)(C)C1.I. The van der Waals surface area contributed by atoms with Gasteiger partial charge in [0, 0.05) is 38.4 Å². The summed E-state index contributed by atoms with van der Waals surface area (Å²) in [5.41, 5.74) is 1.09. The Labute approximate surface area is 181 Å². The number of guanidine groups is 1. The predicted octanol–water partition coefficient (Wildman–Crippen LogP) is 2.83. The molecule has 154 valence electrons. The maximum absolute atomic E-state index is 12.2. The van der Waals surface area contributed by atoms with Gasteiger partial charge in [-0.05, 0) is 31.9 Å². The van der Waals surface area contributed by atoms with E-state index in [0.717, 1.165) is 11.6 Å². The van der Waals surface area contributed by atoms with E-state index in [1.165, 1.54) is 0 Å². The van der Waals surface area contributed by atoms with Crippen LogP contribution in [0.25, 0.3) is 0 Å². The number of nitrogens with one attached hydrogen (secondary N) is 2. The molecule has 0 aliphatic carbocycles. The van der Waals surface area contributed by atoms with Crippen molar-refractivity contribution < 1.29 is 8.42 Å². The van der Waals surface area contributed by atoms with Crippen LogP contribution >= 0.6 is 24.0 Å². The summed E-state index contributed by atoms with van der Waals surface area (Å²) in [7, 11) is -1.31. The zero-order chi connectivity index (χ0) is 19.4. The van der Waals surface area contributed by atoms with Crippen LogP contribution in [0.3, 0.4) is 0 Å². The van der Waals surface area contributed by atoms with Gasteiger partial charge < -0.3 is 15.5 Å². The molecule has 0 amide bonds. The fourth-order valence-electron chi connectivity index (χ4n) is 3.06. The highest BCUT2D eigenvalue weighted by atomic mass is 127. The molecule has 0 aromatic heterocycles. The molecule has 1 heterocycles. The first-order valence-corrected chi connectivity index (χ1v) is 10.8. The number of anilines is 1. The highest BCUT2D eigenvalue weighted by Gasteiger charge is 2.41. The van der Waals surface area contributed by atoms with Gasteiger partial charge in [0.1, 0.15) is 0 Å². The van der Waals surface area contributed by atoms with Crippen LogP contribution in [0.15, 0.2) is 35.3 Å². The molecule has 6 nitrogen and oxygen atoms in total. The predicted molar refractivity (Wildman–Crippen MR) is 125 cm³/mol. The number of para-hydroxylation sites is 1. The van der Waals surface area contributed by atoms with E-state index in [2.05, 4.69) is 41.6 Å². The third kappa shape index (κ3) is 6.23. The molecule has 1 atom stereocenters. The molecular weight excluding hydrogens is 475 g/mol. The lowest BCUT2D eigenvalue weighted by Crippen LogP contribution is -2.58. The van der Waals surface area contributed by atoms with Crippen molar-refractivity contribution in [3.05, 3.63) is 30.3 Å². The fraction of sp³-hybridized carbons (Fsp3) is 0.632. The smallest absolute Gasteiger partial charge is 0.193 e. The Morgan fingerprint density at radius 3 is 2.41 bits per heavy atom. The van der Waals surface area contributed by atoms with Gasteiger partial charge in [-0.15, -0.1) is 24.0 Å². The summed E-state index contributed by atoms with van der Waals surface area (Å²) in [5, 5.41) is 6.98. The lowest BCUT2D eigenvalue weighted by molar-refractivity contribution is 0.351. The molecule has 0 spiro atoms. The molecular formula is C19H33IN4O2S. The number of sulfone groups is 1. The Hall–Kier alpha value is -1.03. The summed E-state index contributed by atoms with van der Waals surface area (Å²) in [4.78, 5) is 6.41. The van der Waals surface area contributed by atoms with Crippen molar-refractivity contribution in [3.63, 3.8) is 0 Å². The van der Waals surface area contributed by atoms with E-state index in [1.807, 2.05) is 23.1 Å². The van der Waals surface area contributed by atoms with Crippen LogP contribution in [-0.4, -0.2) is 62.5 Å². The van der Waals surface area contributed by atoms with Gasteiger partial charge in [0.05, 0.1) is 10.5 Å². The van der Waals surface area contributed by atoms with Gasteiger partial charge in [0.25, 0.3) is 0 Å². The zero-order valence-electron chi connectivity index (χ0n) is 16.9. The topological polar surface area (TPSA) is 73.8 Å². The van der Waals surface area contributed by atoms with Gasteiger partial charge in [0.2, 0.25) is 0 Å². The van der Waals surface area contributed by atoms with Gasteiger partial charge >= 0.3 is 0 Å². The largest absolute Gasteiger partial charge is 0.380 e. The minimum Gasteiger partial charge on any atom is -0.380 e. The molecule has 0 radical (unpaired) electrons. The molecule has 1 fully saturated rings. The quantitative estimate of drug-likeness (QED) is 0.364. The third-order valence-corrected chi connectivity index (χ3v) is 7.50. The average Bonchev–Trinajstić information content (AvgIpc) is 2.58. The Bertz CT molecular complexity index is 720. The average molecular weight is 508 g/mol. The Balaban J connectivity index is 0.00000364. The van der Waals surface area contributed by atoms with E-state index in [4.69, 9.17) is 0 Å². The standard InChI is InChI=1S/C19H32N4O2S.HI/c1-15(2)17(22-16-9-7-6-8-10-16)13-21-18(20-5)23-11-12-26(24,25)19(3,4)14-23;/h6-10,15,17,22H,11-14H2,1-5H3,(H,20,21);1H. The van der Waals surface area contributed by atoms with E-state index in [-0.39, 0.29) is 35.8 Å². The molecule has 1 aromatic rings. The number of aliphatic imine (C=N–C) groups is 1. The molecule has 1 aliphatic rings. The summed E-state index contributed by atoms with van der Waals surface area (Å²) in [6, 6.07) is 10.4. The number of hydrogen-bond acceptors (Lipinski definition) is 4. The van der Waals surface area contributed by atoms with E-state index >= 15 is 0 Å². The number of benzene rings is 1. The van der Waals surface area contributed by atoms with Crippen molar-refractivity contribution in [1.29, 1.82) is 0 Å². The van der Waals surface area contributed by atoms with Crippen molar-refractivity contribution in [1.82, 2.24) is 10.2 Å². The molecule has 2 N–H and O–H groups in total. The van der Waals surface area contributed by atoms with E-state index in [0.29, 0.717) is 25.6 Å². The molecule has 0 bridgehead atoms. The molecule has 27 heavy (non-hydrogen) atoms. The normalized spacial score (nSPS) is 19.9. The van der Waals surface area contributed by atoms with Crippen molar-refractivity contribution in [2.45, 2.75) is 38.5 Å². The van der Waals surface area contributed by atoms with Crippen LogP contribution in [-0.2, 0) is 9.84 Å². The van der Waals surface area contributed by atoms with Crippen molar-refractivity contribution in [3.8, 4) is 0 Å². The second-order valence-corrected chi connectivity index (χ2v) is 10.5. The highest BCUT2D eigenvalue weighted by molar-refractivity contribution is 14.0. The van der Waals surface area contributed by atoms with Crippen LogP contribution in [0.5, 0.6) is 0 Å². The minimum absolute atomic E-state index is 0. The molecule has 1 aromatic carbocycles. The maximum atomic E-state index is 12.2. The number of nitrogens with zero attached hydrogens (tertiary/aromatic N) is 2. The lowest BCUT2D eigenvalue weighted by Gasteiger charge is -2.39. The Kier molecular flexibility index (Phi) is 8.85. The van der Waals surface area contributed by atoms with Crippen molar-refractivity contribution in [2.75, 3.05) is 37.8 Å². The van der Waals surface area contributed by atoms with Crippen LogP contribution in [0.1, 0.15) is 27.7 Å². The molecule has 1 unspecified atom stereocenters. The van der Waals surface area contributed by atoms with Crippen LogP contribution in [0.2, 0.25) is 0 Å². The van der Waals surface area contributed by atoms with Crippen molar-refractivity contribution >= 4 is 45.5 Å². The van der Waals surface area contributed by atoms with E-state index < -0.39 is 14.6 Å². The van der Waals surface area contributed by atoms with E-state index in [9.17, 15) is 8.42 Å². The summed E-state index contributed by atoms with van der Waals surface area (Å²) in [5.74, 6) is 1.35. The zero-order valence-corrected chi connectivity index (χ0v) is 20.0. The first kappa shape index (κ1) is 24.0. The second-order valence-electron chi connectivity index (χ2n) is 7.79. The van der Waals surface area contributed by atoms with Crippen LogP contribution in [0.4, 0.5) is 5.69 Å². The molecule has 1 saturated heterocycles. The van der Waals surface area contributed by atoms with Gasteiger partial charge in [-0.2, -0.15) is 0 Å².